The molecular formula is C13H27NO3. The molecule has 0 rings (SSSR count). The number of aliphatic carboxylic acids is 1. The van der Waals surface area contributed by atoms with Crippen molar-refractivity contribution in [2.24, 2.45) is 11.8 Å². The molecule has 0 saturated heterocycles. The number of ether oxygens (including phenoxy) is 1. The molecule has 1 N–H and O–H groups in total. The first-order valence-electron chi connectivity index (χ1n) is 6.21. The largest absolute Gasteiger partial charge is 0.480 e. The van der Waals surface area contributed by atoms with Crippen LogP contribution in [0.15, 0.2) is 0 Å². The number of nitrogens with zero attached hydrogens (tertiary/aromatic N) is 1. The fraction of sp³-hybridized carbons (Fsp3) is 0.923. The zero-order valence-electron chi connectivity index (χ0n) is 12.0. The smallest absolute Gasteiger partial charge is 0.326 e. The number of carboxylic acid groups (broad SMARTS) is 1. The average molecular weight is 245 g/mol. The van der Waals surface area contributed by atoms with Crippen molar-refractivity contribution in [2.45, 2.75) is 40.2 Å². The second kappa shape index (κ2) is 6.97. The van der Waals surface area contributed by atoms with Gasteiger partial charge in [0.1, 0.15) is 5.54 Å². The van der Waals surface area contributed by atoms with Gasteiger partial charge in [0.2, 0.25) is 0 Å². The summed E-state index contributed by atoms with van der Waals surface area (Å²) in [6.45, 7) is 11.9. The Bertz CT molecular complexity index is 231. The molecule has 0 heterocycles. The normalized spacial score (nSPS) is 15.6. The fourth-order valence-electron chi connectivity index (χ4n) is 1.93. The van der Waals surface area contributed by atoms with E-state index in [1.165, 1.54) is 0 Å². The first-order valence-corrected chi connectivity index (χ1v) is 6.21. The van der Waals surface area contributed by atoms with Gasteiger partial charge in [-0.15, -0.1) is 0 Å². The monoisotopic (exact) mass is 245 g/mol. The van der Waals surface area contributed by atoms with Gasteiger partial charge in [-0.25, -0.2) is 0 Å². The van der Waals surface area contributed by atoms with Crippen LogP contribution in [0.25, 0.3) is 0 Å². The fourth-order valence-corrected chi connectivity index (χ4v) is 1.93. The van der Waals surface area contributed by atoms with E-state index in [-0.39, 0.29) is 6.61 Å². The molecule has 0 spiro atoms. The lowest BCUT2D eigenvalue weighted by atomic mass is 9.97. The zero-order valence-corrected chi connectivity index (χ0v) is 12.0. The van der Waals surface area contributed by atoms with Crippen LogP contribution in [0.5, 0.6) is 0 Å². The highest BCUT2D eigenvalue weighted by Crippen LogP contribution is 2.20. The summed E-state index contributed by atoms with van der Waals surface area (Å²) in [7, 11) is 1.55. The molecule has 0 saturated carbocycles. The van der Waals surface area contributed by atoms with Gasteiger partial charge in [-0.1, -0.05) is 27.7 Å². The molecule has 0 fully saturated rings. The Kier molecular flexibility index (Phi) is 6.72. The summed E-state index contributed by atoms with van der Waals surface area (Å²) in [6, 6.07) is 0. The number of rotatable bonds is 8. The molecule has 0 aliphatic rings. The predicted molar refractivity (Wildman–Crippen MR) is 69.2 cm³/mol. The Hall–Kier alpha value is -0.610. The number of hydrogen-bond acceptors (Lipinski definition) is 3. The first kappa shape index (κ1) is 16.4. The van der Waals surface area contributed by atoms with Crippen LogP contribution in [0.1, 0.15) is 34.6 Å². The van der Waals surface area contributed by atoms with E-state index < -0.39 is 11.5 Å². The van der Waals surface area contributed by atoms with Gasteiger partial charge in [-0.2, -0.15) is 0 Å². The van der Waals surface area contributed by atoms with Crippen molar-refractivity contribution in [3.05, 3.63) is 0 Å². The lowest BCUT2D eigenvalue weighted by molar-refractivity contribution is -0.155. The van der Waals surface area contributed by atoms with Gasteiger partial charge in [0.25, 0.3) is 0 Å². The van der Waals surface area contributed by atoms with Crippen molar-refractivity contribution in [1.82, 2.24) is 4.90 Å². The van der Waals surface area contributed by atoms with Gasteiger partial charge in [-0.05, 0) is 18.8 Å². The Balaban J connectivity index is 4.98. The molecule has 4 heteroatoms. The Labute approximate surface area is 105 Å². The van der Waals surface area contributed by atoms with E-state index in [1.54, 1.807) is 14.0 Å². The molecule has 1 atom stereocenters. The van der Waals surface area contributed by atoms with Crippen molar-refractivity contribution in [1.29, 1.82) is 0 Å². The standard InChI is InChI=1S/C13H27NO3/c1-10(2)7-14(8-11(3)4)13(5,9-17-6)12(15)16/h10-11H,7-9H2,1-6H3,(H,15,16). The minimum absolute atomic E-state index is 0.210. The van der Waals surface area contributed by atoms with Crippen LogP contribution < -0.4 is 0 Å². The van der Waals surface area contributed by atoms with E-state index in [0.717, 1.165) is 13.1 Å². The molecule has 17 heavy (non-hydrogen) atoms. The zero-order chi connectivity index (χ0) is 13.6. The van der Waals surface area contributed by atoms with Gasteiger partial charge in [0.05, 0.1) is 6.61 Å². The molecule has 0 aliphatic heterocycles. The summed E-state index contributed by atoms with van der Waals surface area (Å²) in [5.41, 5.74) is -0.941. The predicted octanol–water partition coefficient (Wildman–Crippen LogP) is 2.09. The van der Waals surface area contributed by atoms with E-state index >= 15 is 0 Å². The maximum atomic E-state index is 11.5. The number of hydrogen-bond donors (Lipinski definition) is 1. The van der Waals surface area contributed by atoms with Crippen molar-refractivity contribution in [3.63, 3.8) is 0 Å². The molecular weight excluding hydrogens is 218 g/mol. The van der Waals surface area contributed by atoms with Gasteiger partial charge in [0, 0.05) is 20.2 Å². The quantitative estimate of drug-likeness (QED) is 0.711. The number of methoxy groups -OCH3 is 1. The van der Waals surface area contributed by atoms with E-state index in [9.17, 15) is 9.90 Å². The third-order valence-electron chi connectivity index (χ3n) is 2.76. The maximum absolute atomic E-state index is 11.5. The topological polar surface area (TPSA) is 49.8 Å². The molecule has 0 aliphatic carbocycles. The van der Waals surface area contributed by atoms with Crippen LogP contribution in [0.2, 0.25) is 0 Å². The molecule has 0 bridgehead atoms. The van der Waals surface area contributed by atoms with Crippen molar-refractivity contribution >= 4 is 5.97 Å². The van der Waals surface area contributed by atoms with E-state index in [0.29, 0.717) is 11.8 Å². The van der Waals surface area contributed by atoms with Gasteiger partial charge < -0.3 is 9.84 Å². The van der Waals surface area contributed by atoms with E-state index in [1.807, 2.05) is 4.90 Å². The summed E-state index contributed by atoms with van der Waals surface area (Å²) in [6.07, 6.45) is 0. The van der Waals surface area contributed by atoms with E-state index in [4.69, 9.17) is 4.74 Å². The van der Waals surface area contributed by atoms with Gasteiger partial charge >= 0.3 is 5.97 Å². The molecule has 0 aromatic carbocycles. The van der Waals surface area contributed by atoms with Crippen LogP contribution in [-0.2, 0) is 9.53 Å². The lowest BCUT2D eigenvalue weighted by Gasteiger charge is -2.39. The minimum atomic E-state index is -0.941. The molecule has 1 unspecified atom stereocenters. The maximum Gasteiger partial charge on any atom is 0.326 e. The second-order valence-electron chi connectivity index (χ2n) is 5.70. The Morgan fingerprint density at radius 3 is 1.88 bits per heavy atom. The summed E-state index contributed by atoms with van der Waals surface area (Å²) in [5, 5.41) is 9.44. The van der Waals surface area contributed by atoms with Crippen LogP contribution in [0, 0.1) is 11.8 Å². The summed E-state index contributed by atoms with van der Waals surface area (Å²) in [5.74, 6) is 0.0502. The summed E-state index contributed by atoms with van der Waals surface area (Å²) in [4.78, 5) is 13.5. The highest BCUT2D eigenvalue weighted by Gasteiger charge is 2.40. The van der Waals surface area contributed by atoms with Crippen molar-refractivity contribution in [3.8, 4) is 0 Å². The molecule has 0 amide bonds. The van der Waals surface area contributed by atoms with Crippen LogP contribution >= 0.6 is 0 Å². The van der Waals surface area contributed by atoms with Gasteiger partial charge in [0.15, 0.2) is 0 Å². The summed E-state index contributed by atoms with van der Waals surface area (Å²) < 4.78 is 5.09. The highest BCUT2D eigenvalue weighted by molar-refractivity contribution is 5.78. The molecule has 102 valence electrons. The minimum Gasteiger partial charge on any atom is -0.480 e. The van der Waals surface area contributed by atoms with Gasteiger partial charge in [-0.3, -0.25) is 9.69 Å². The van der Waals surface area contributed by atoms with Crippen LogP contribution in [-0.4, -0.2) is 48.3 Å². The number of carbonyl (C=O) groups is 1. The molecule has 4 nitrogen and oxygen atoms in total. The third-order valence-corrected chi connectivity index (χ3v) is 2.76. The van der Waals surface area contributed by atoms with Crippen molar-refractivity contribution < 1.29 is 14.6 Å². The Morgan fingerprint density at radius 1 is 1.24 bits per heavy atom. The first-order chi connectivity index (χ1) is 7.74. The lowest BCUT2D eigenvalue weighted by Crippen LogP contribution is -2.57. The third kappa shape index (κ3) is 5.04. The van der Waals surface area contributed by atoms with Crippen LogP contribution in [0.4, 0.5) is 0 Å². The van der Waals surface area contributed by atoms with Crippen molar-refractivity contribution in [2.75, 3.05) is 26.8 Å². The molecule has 0 aromatic rings. The van der Waals surface area contributed by atoms with Crippen LogP contribution in [0.3, 0.4) is 0 Å². The molecule has 0 aromatic heterocycles. The Morgan fingerprint density at radius 2 is 1.65 bits per heavy atom. The number of carboxylic acids is 1. The van der Waals surface area contributed by atoms with E-state index in [2.05, 4.69) is 27.7 Å². The second-order valence-corrected chi connectivity index (χ2v) is 5.70. The SMILES string of the molecule is COCC(C)(C(=O)O)N(CC(C)C)CC(C)C. The average Bonchev–Trinajstić information content (AvgIpc) is 2.15. The highest BCUT2D eigenvalue weighted by atomic mass is 16.5. The summed E-state index contributed by atoms with van der Waals surface area (Å²) >= 11 is 0. The molecule has 0 radical (unpaired) electrons.